The summed E-state index contributed by atoms with van der Waals surface area (Å²) in [7, 11) is 0. The normalized spacial score (nSPS) is 14.2. The van der Waals surface area contributed by atoms with Crippen LogP contribution in [0.1, 0.15) is 37.4 Å². The lowest BCUT2D eigenvalue weighted by molar-refractivity contribution is 0.209. The van der Waals surface area contributed by atoms with E-state index in [4.69, 9.17) is 22.3 Å². The molecule has 1 saturated heterocycles. The molecule has 32 heavy (non-hydrogen) atoms. The second kappa shape index (κ2) is 9.29. The van der Waals surface area contributed by atoms with Crippen molar-refractivity contribution in [2.24, 2.45) is 0 Å². The molecule has 1 aliphatic rings. The van der Waals surface area contributed by atoms with E-state index in [2.05, 4.69) is 47.0 Å². The number of hydrogen-bond donors (Lipinski definition) is 2. The zero-order valence-corrected chi connectivity index (χ0v) is 19.8. The highest BCUT2D eigenvalue weighted by Gasteiger charge is 2.20. The van der Waals surface area contributed by atoms with Gasteiger partial charge in [-0.2, -0.15) is 0 Å². The predicted molar refractivity (Wildman–Crippen MR) is 137 cm³/mol. The van der Waals surface area contributed by atoms with Crippen LogP contribution >= 0.6 is 11.6 Å². The number of rotatable bonds is 7. The van der Waals surface area contributed by atoms with Crippen molar-refractivity contribution < 1.29 is 0 Å². The lowest BCUT2D eigenvalue weighted by Crippen LogP contribution is -2.44. The highest BCUT2D eigenvalue weighted by atomic mass is 35.5. The molecule has 0 spiro atoms. The number of fused-ring (bicyclic) bond motifs is 1. The summed E-state index contributed by atoms with van der Waals surface area (Å²) in [6, 6.07) is 10.1. The highest BCUT2D eigenvalue weighted by Crippen LogP contribution is 2.33. The summed E-state index contributed by atoms with van der Waals surface area (Å²) in [6.45, 7) is 16.7. The molecule has 0 aliphatic carbocycles. The van der Waals surface area contributed by atoms with Crippen molar-refractivity contribution in [3.63, 3.8) is 0 Å². The van der Waals surface area contributed by atoms with Crippen molar-refractivity contribution >= 4 is 34.0 Å². The number of aromatic amines is 1. The maximum absolute atomic E-state index is 6.60. The lowest BCUT2D eigenvalue weighted by atomic mass is 10.1. The number of allylic oxidation sites excluding steroid dienone is 1. The Bertz CT molecular complexity index is 1150. The van der Waals surface area contributed by atoms with Crippen LogP contribution in [0.5, 0.6) is 0 Å². The van der Waals surface area contributed by atoms with Gasteiger partial charge in [-0.1, -0.05) is 50.2 Å². The minimum absolute atomic E-state index is 0.601. The smallest absolute Gasteiger partial charge is 0.110 e. The number of nitrogens with zero attached hydrogens (tertiary/aromatic N) is 3. The Morgan fingerprint density at radius 2 is 1.84 bits per heavy atom. The van der Waals surface area contributed by atoms with Crippen LogP contribution in [0, 0.1) is 6.92 Å². The largest absolute Gasteiger partial charge is 0.385 e. The third-order valence-electron chi connectivity index (χ3n) is 6.28. The van der Waals surface area contributed by atoms with Crippen LogP contribution in [0.25, 0.3) is 27.9 Å². The number of nitrogens with two attached hydrogens (primary N) is 1. The Morgan fingerprint density at radius 3 is 2.50 bits per heavy atom. The minimum Gasteiger partial charge on any atom is -0.385 e. The fourth-order valence-corrected chi connectivity index (χ4v) is 4.60. The minimum atomic E-state index is 0.601. The first-order valence-electron chi connectivity index (χ1n) is 11.3. The molecule has 3 heterocycles. The number of hydrogen-bond acceptors (Lipinski definition) is 4. The van der Waals surface area contributed by atoms with Crippen LogP contribution in [0.15, 0.2) is 49.2 Å². The Morgan fingerprint density at radius 1 is 1.12 bits per heavy atom. The maximum atomic E-state index is 6.60. The number of aryl methyl sites for hydroxylation is 1. The number of pyridine rings is 1. The molecule has 3 aromatic rings. The van der Waals surface area contributed by atoms with Crippen molar-refractivity contribution in [2.45, 2.75) is 33.1 Å². The topological polar surface area (TPSA) is 61.2 Å². The predicted octanol–water partition coefficient (Wildman–Crippen LogP) is 6.07. The van der Waals surface area contributed by atoms with E-state index in [1.54, 1.807) is 0 Å². The first-order valence-corrected chi connectivity index (χ1v) is 11.7. The van der Waals surface area contributed by atoms with Crippen molar-refractivity contribution in [2.75, 3.05) is 31.9 Å². The van der Waals surface area contributed by atoms with Gasteiger partial charge in [-0.15, -0.1) is 0 Å². The van der Waals surface area contributed by atoms with E-state index in [0.717, 1.165) is 71.7 Å². The first-order chi connectivity index (χ1) is 15.4. The Kier molecular flexibility index (Phi) is 6.47. The van der Waals surface area contributed by atoms with Crippen LogP contribution < -0.4 is 5.73 Å². The van der Waals surface area contributed by atoms with E-state index in [-0.39, 0.29) is 0 Å². The summed E-state index contributed by atoms with van der Waals surface area (Å²) in [4.78, 5) is 12.8. The summed E-state index contributed by atoms with van der Waals surface area (Å²) in [5.41, 5.74) is 13.0. The molecule has 5 nitrogen and oxygen atoms in total. The molecule has 0 radical (unpaired) electrons. The van der Waals surface area contributed by atoms with Gasteiger partial charge in [0, 0.05) is 54.2 Å². The van der Waals surface area contributed by atoms with Crippen LogP contribution in [-0.2, 0) is 0 Å². The van der Waals surface area contributed by atoms with Gasteiger partial charge in [0.15, 0.2) is 0 Å². The molecule has 0 atom stereocenters. The van der Waals surface area contributed by atoms with E-state index in [9.17, 15) is 0 Å². The SMILES string of the molecule is C=C(CCCC)N1CCN(C(=C)c2ccc3c(Cl)cc(-c4cc(C)[nH]c4N)nc3c2)CC1. The number of piperazine rings is 1. The average Bonchev–Trinajstić information content (AvgIpc) is 3.14. The number of nitrogens with one attached hydrogen (secondary N) is 1. The summed E-state index contributed by atoms with van der Waals surface area (Å²) in [5, 5.41) is 1.59. The van der Waals surface area contributed by atoms with Crippen molar-refractivity contribution in [1.82, 2.24) is 19.8 Å². The number of benzene rings is 1. The molecule has 4 rings (SSSR count). The number of unbranched alkanes of at least 4 members (excludes halogenated alkanes) is 1. The molecule has 6 heteroatoms. The number of H-pyrrole nitrogens is 1. The van der Waals surface area contributed by atoms with Crippen molar-refractivity contribution in [3.8, 4) is 11.3 Å². The van der Waals surface area contributed by atoms with Gasteiger partial charge in [-0.05, 0) is 43.5 Å². The highest BCUT2D eigenvalue weighted by molar-refractivity contribution is 6.35. The third kappa shape index (κ3) is 4.49. The maximum Gasteiger partial charge on any atom is 0.110 e. The second-order valence-electron chi connectivity index (χ2n) is 8.59. The Balaban J connectivity index is 1.54. The molecule has 1 aliphatic heterocycles. The number of halogens is 1. The van der Waals surface area contributed by atoms with Gasteiger partial charge in [0.25, 0.3) is 0 Å². The summed E-state index contributed by atoms with van der Waals surface area (Å²) in [5.74, 6) is 0.601. The van der Waals surface area contributed by atoms with E-state index in [0.29, 0.717) is 10.8 Å². The molecule has 0 bridgehead atoms. The molecule has 0 saturated carbocycles. The van der Waals surface area contributed by atoms with E-state index < -0.39 is 0 Å². The Labute approximate surface area is 195 Å². The van der Waals surface area contributed by atoms with Gasteiger partial charge < -0.3 is 20.5 Å². The fourth-order valence-electron chi connectivity index (χ4n) is 4.34. The zero-order chi connectivity index (χ0) is 22.8. The van der Waals surface area contributed by atoms with Gasteiger partial charge in [-0.25, -0.2) is 4.98 Å². The van der Waals surface area contributed by atoms with Gasteiger partial charge in [0.2, 0.25) is 0 Å². The third-order valence-corrected chi connectivity index (χ3v) is 6.59. The van der Waals surface area contributed by atoms with Crippen molar-refractivity contribution in [1.29, 1.82) is 0 Å². The fraction of sp³-hybridized carbons (Fsp3) is 0.346. The van der Waals surface area contributed by atoms with Crippen molar-refractivity contribution in [3.05, 3.63) is 65.5 Å². The molecule has 1 fully saturated rings. The molecule has 3 N–H and O–H groups in total. The number of aromatic nitrogens is 2. The zero-order valence-electron chi connectivity index (χ0n) is 19.0. The molecular weight excluding hydrogens is 418 g/mol. The number of anilines is 1. The molecule has 0 amide bonds. The first kappa shape index (κ1) is 22.3. The molecule has 1 aromatic carbocycles. The molecular formula is C26H32ClN5. The Hall–Kier alpha value is -2.92. The summed E-state index contributed by atoms with van der Waals surface area (Å²) < 4.78 is 0. The second-order valence-corrected chi connectivity index (χ2v) is 9.00. The van der Waals surface area contributed by atoms with Crippen LogP contribution in [0.3, 0.4) is 0 Å². The molecule has 2 aromatic heterocycles. The van der Waals surface area contributed by atoms with Gasteiger partial charge in [-0.3, -0.25) is 0 Å². The van der Waals surface area contributed by atoms with E-state index in [1.165, 1.54) is 18.5 Å². The standard InChI is InChI=1S/C26H32ClN5/c1-5-6-7-18(3)31-10-12-32(13-11-31)19(4)20-8-9-21-23(27)16-25(30-24(21)15-20)22-14-17(2)29-26(22)28/h8-9,14-16,29H,3-7,10-13,28H2,1-2H3. The van der Waals surface area contributed by atoms with Gasteiger partial charge in [0.05, 0.1) is 16.2 Å². The molecule has 0 unspecified atom stereocenters. The summed E-state index contributed by atoms with van der Waals surface area (Å²) in [6.07, 6.45) is 3.49. The van der Waals surface area contributed by atoms with Crippen LogP contribution in [-0.4, -0.2) is 45.9 Å². The van der Waals surface area contributed by atoms with Gasteiger partial charge in [0.1, 0.15) is 5.82 Å². The van der Waals surface area contributed by atoms with E-state index >= 15 is 0 Å². The summed E-state index contributed by atoms with van der Waals surface area (Å²) >= 11 is 6.60. The van der Waals surface area contributed by atoms with Gasteiger partial charge >= 0.3 is 0 Å². The van der Waals surface area contributed by atoms with Crippen LogP contribution in [0.2, 0.25) is 5.02 Å². The number of nitrogen functional groups attached to an aromatic ring is 1. The lowest BCUT2D eigenvalue weighted by Gasteiger charge is -2.39. The van der Waals surface area contributed by atoms with E-state index in [1.807, 2.05) is 25.1 Å². The average molecular weight is 450 g/mol. The quantitative estimate of drug-likeness (QED) is 0.459. The molecule has 168 valence electrons. The van der Waals surface area contributed by atoms with Crippen LogP contribution in [0.4, 0.5) is 5.82 Å². The monoisotopic (exact) mass is 449 g/mol.